The summed E-state index contributed by atoms with van der Waals surface area (Å²) >= 11 is 0. The van der Waals surface area contributed by atoms with Crippen molar-refractivity contribution in [2.75, 3.05) is 0 Å². The van der Waals surface area contributed by atoms with Crippen LogP contribution in [0.4, 0.5) is 4.39 Å². The summed E-state index contributed by atoms with van der Waals surface area (Å²) in [5.74, 6) is -1.68. The molecule has 0 aliphatic heterocycles. The van der Waals surface area contributed by atoms with Gasteiger partial charge in [0.1, 0.15) is 0 Å². The maximum Gasteiger partial charge on any atom is 0.356 e. The molecule has 0 unspecified atom stereocenters. The number of nitrogens with zero attached hydrogens (tertiary/aromatic N) is 2. The number of ether oxygens (including phenoxy) is 1. The molecule has 0 radical (unpaired) electrons. The Kier molecular flexibility index (Phi) is 2.95. The topological polar surface area (TPSA) is 72.3 Å². The number of carbonyl (C=O) groups is 1. The maximum atomic E-state index is 13.2. The number of hydrogen-bond acceptors (Lipinski definition) is 4. The lowest BCUT2D eigenvalue weighted by molar-refractivity contribution is 0.0689. The minimum Gasteiger partial charge on any atom is -0.476 e. The van der Waals surface area contributed by atoms with Crippen LogP contribution in [0.3, 0.4) is 0 Å². The lowest BCUT2D eigenvalue weighted by Gasteiger charge is -2.04. The van der Waals surface area contributed by atoms with Gasteiger partial charge in [0.2, 0.25) is 5.88 Å². The van der Waals surface area contributed by atoms with E-state index in [4.69, 9.17) is 9.84 Å². The van der Waals surface area contributed by atoms with Gasteiger partial charge in [-0.2, -0.15) is 0 Å². The molecule has 0 saturated carbocycles. The Hall–Kier alpha value is -2.50. The number of carboxylic acid groups (broad SMARTS) is 1. The highest BCUT2D eigenvalue weighted by Crippen LogP contribution is 2.21. The third kappa shape index (κ3) is 2.54. The Morgan fingerprint density at radius 2 is 1.94 bits per heavy atom. The van der Waals surface area contributed by atoms with E-state index < -0.39 is 11.8 Å². The predicted molar refractivity (Wildman–Crippen MR) is 55.5 cm³/mol. The third-order valence-electron chi connectivity index (χ3n) is 1.91. The summed E-state index contributed by atoms with van der Waals surface area (Å²) in [6, 6.07) is 8.35. The molecule has 0 fully saturated rings. The molecule has 0 aliphatic carbocycles. The van der Waals surface area contributed by atoms with E-state index >= 15 is 0 Å². The van der Waals surface area contributed by atoms with Crippen LogP contribution in [-0.2, 0) is 0 Å². The Morgan fingerprint density at radius 1 is 1.18 bits per heavy atom. The molecule has 17 heavy (non-hydrogen) atoms. The van der Waals surface area contributed by atoms with Crippen molar-refractivity contribution in [2.24, 2.45) is 0 Å². The first-order chi connectivity index (χ1) is 8.16. The van der Waals surface area contributed by atoms with E-state index in [0.717, 1.165) is 0 Å². The number of aromatic carboxylic acids is 1. The van der Waals surface area contributed by atoms with E-state index in [-0.39, 0.29) is 17.3 Å². The number of benzene rings is 1. The highest BCUT2D eigenvalue weighted by Gasteiger charge is 2.08. The number of aromatic nitrogens is 2. The van der Waals surface area contributed by atoms with Crippen molar-refractivity contribution < 1.29 is 19.0 Å². The van der Waals surface area contributed by atoms with Gasteiger partial charge in [0.05, 0.1) is 0 Å². The molecule has 6 heteroatoms. The SMILES string of the molecule is O=C(O)c1ccc(Oc2ccccc2F)nn1. The van der Waals surface area contributed by atoms with Gasteiger partial charge in [-0.15, -0.1) is 10.2 Å². The largest absolute Gasteiger partial charge is 0.476 e. The van der Waals surface area contributed by atoms with Gasteiger partial charge >= 0.3 is 5.97 Å². The van der Waals surface area contributed by atoms with Crippen LogP contribution in [0.15, 0.2) is 36.4 Å². The van der Waals surface area contributed by atoms with Crippen molar-refractivity contribution in [3.05, 3.63) is 47.9 Å². The number of rotatable bonds is 3. The van der Waals surface area contributed by atoms with Crippen molar-refractivity contribution in [1.29, 1.82) is 0 Å². The lowest BCUT2D eigenvalue weighted by atomic mass is 10.3. The zero-order valence-electron chi connectivity index (χ0n) is 8.50. The maximum absolute atomic E-state index is 13.2. The Morgan fingerprint density at radius 3 is 2.53 bits per heavy atom. The fraction of sp³-hybridized carbons (Fsp3) is 0. The number of carboxylic acids is 1. The first-order valence-corrected chi connectivity index (χ1v) is 4.66. The Balaban J connectivity index is 2.20. The van der Waals surface area contributed by atoms with Gasteiger partial charge in [-0.05, 0) is 18.2 Å². The van der Waals surface area contributed by atoms with Gasteiger partial charge < -0.3 is 9.84 Å². The monoisotopic (exact) mass is 234 g/mol. The molecular weight excluding hydrogens is 227 g/mol. The minimum atomic E-state index is -1.19. The molecule has 2 rings (SSSR count). The van der Waals surface area contributed by atoms with Crippen LogP contribution in [0, 0.1) is 5.82 Å². The van der Waals surface area contributed by atoms with Crippen LogP contribution < -0.4 is 4.74 Å². The van der Waals surface area contributed by atoms with Crippen molar-refractivity contribution >= 4 is 5.97 Å². The molecule has 0 atom stereocenters. The highest BCUT2D eigenvalue weighted by molar-refractivity contribution is 5.84. The highest BCUT2D eigenvalue weighted by atomic mass is 19.1. The third-order valence-corrected chi connectivity index (χ3v) is 1.91. The van der Waals surface area contributed by atoms with Gasteiger partial charge in [-0.3, -0.25) is 0 Å². The molecule has 5 nitrogen and oxygen atoms in total. The van der Waals surface area contributed by atoms with Crippen molar-refractivity contribution in [1.82, 2.24) is 10.2 Å². The van der Waals surface area contributed by atoms with Crippen LogP contribution in [0.25, 0.3) is 0 Å². The van der Waals surface area contributed by atoms with Gasteiger partial charge in [0, 0.05) is 6.07 Å². The average molecular weight is 234 g/mol. The summed E-state index contributed by atoms with van der Waals surface area (Å²) in [6.45, 7) is 0. The zero-order valence-corrected chi connectivity index (χ0v) is 8.50. The van der Waals surface area contributed by atoms with Crippen molar-refractivity contribution in [3.63, 3.8) is 0 Å². The van der Waals surface area contributed by atoms with E-state index in [1.54, 1.807) is 6.07 Å². The van der Waals surface area contributed by atoms with E-state index in [1.807, 2.05) is 0 Å². The molecule has 0 bridgehead atoms. The van der Waals surface area contributed by atoms with E-state index in [2.05, 4.69) is 10.2 Å². The minimum absolute atomic E-state index is 0.00451. The summed E-state index contributed by atoms with van der Waals surface area (Å²) in [5.41, 5.74) is -0.203. The van der Waals surface area contributed by atoms with E-state index in [0.29, 0.717) is 0 Å². The van der Waals surface area contributed by atoms with Gasteiger partial charge in [0.15, 0.2) is 17.3 Å². The molecule has 0 aliphatic rings. The molecule has 1 N–H and O–H groups in total. The van der Waals surface area contributed by atoms with E-state index in [9.17, 15) is 9.18 Å². The number of hydrogen-bond donors (Lipinski definition) is 1. The molecule has 86 valence electrons. The Labute approximate surface area is 95.5 Å². The Bertz CT molecular complexity index is 543. The fourth-order valence-electron chi connectivity index (χ4n) is 1.13. The molecule has 1 aromatic carbocycles. The molecule has 1 heterocycles. The number of halogens is 1. The first-order valence-electron chi connectivity index (χ1n) is 4.66. The van der Waals surface area contributed by atoms with Crippen LogP contribution in [0.1, 0.15) is 10.5 Å². The molecule has 0 saturated heterocycles. The summed E-state index contributed by atoms with van der Waals surface area (Å²) in [4.78, 5) is 10.5. The van der Waals surface area contributed by atoms with Gasteiger partial charge in [-0.1, -0.05) is 12.1 Å². The van der Waals surface area contributed by atoms with Crippen LogP contribution in [0.5, 0.6) is 11.6 Å². The fourth-order valence-corrected chi connectivity index (χ4v) is 1.13. The second-order valence-corrected chi connectivity index (χ2v) is 3.09. The molecule has 2 aromatic rings. The normalized spacial score (nSPS) is 9.94. The zero-order chi connectivity index (χ0) is 12.3. The molecular formula is C11H7FN2O3. The van der Waals surface area contributed by atoms with Crippen molar-refractivity contribution in [2.45, 2.75) is 0 Å². The second kappa shape index (κ2) is 4.56. The molecule has 0 amide bonds. The number of para-hydroxylation sites is 1. The standard InChI is InChI=1S/C11H7FN2O3/c12-7-3-1-2-4-9(7)17-10-6-5-8(11(15)16)13-14-10/h1-6H,(H,15,16). The van der Waals surface area contributed by atoms with Crippen LogP contribution in [-0.4, -0.2) is 21.3 Å². The summed E-state index contributed by atoms with van der Waals surface area (Å²) in [6.07, 6.45) is 0. The average Bonchev–Trinajstić information content (AvgIpc) is 2.33. The van der Waals surface area contributed by atoms with E-state index in [1.165, 1.54) is 30.3 Å². The second-order valence-electron chi connectivity index (χ2n) is 3.09. The van der Waals surface area contributed by atoms with Crippen molar-refractivity contribution in [3.8, 4) is 11.6 Å². The summed E-state index contributed by atoms with van der Waals surface area (Å²) < 4.78 is 18.3. The van der Waals surface area contributed by atoms with Gasteiger partial charge in [0.25, 0.3) is 0 Å². The lowest BCUT2D eigenvalue weighted by Crippen LogP contribution is -2.02. The van der Waals surface area contributed by atoms with Crippen LogP contribution >= 0.6 is 0 Å². The summed E-state index contributed by atoms with van der Waals surface area (Å²) in [5, 5.41) is 15.5. The molecule has 0 spiro atoms. The van der Waals surface area contributed by atoms with Crippen LogP contribution in [0.2, 0.25) is 0 Å². The summed E-state index contributed by atoms with van der Waals surface area (Å²) in [7, 11) is 0. The first kappa shape index (κ1) is 11.0. The van der Waals surface area contributed by atoms with Gasteiger partial charge in [-0.25, -0.2) is 9.18 Å². The predicted octanol–water partition coefficient (Wildman–Crippen LogP) is 2.11. The smallest absolute Gasteiger partial charge is 0.356 e. The molecule has 1 aromatic heterocycles. The quantitative estimate of drug-likeness (QED) is 0.880.